The summed E-state index contributed by atoms with van der Waals surface area (Å²) >= 11 is 4.46. The number of ether oxygens (including phenoxy) is 1. The van der Waals surface area contributed by atoms with Crippen molar-refractivity contribution in [2.24, 2.45) is 0 Å². The van der Waals surface area contributed by atoms with Gasteiger partial charge in [0, 0.05) is 12.6 Å². The number of anilines is 1. The number of nitrogen functional groups attached to an aromatic ring is 1. The van der Waals surface area contributed by atoms with Gasteiger partial charge in [-0.1, -0.05) is 0 Å². The van der Waals surface area contributed by atoms with E-state index >= 15 is 0 Å². The summed E-state index contributed by atoms with van der Waals surface area (Å²) in [7, 11) is -10.8. The molecule has 1 aliphatic rings. The lowest BCUT2D eigenvalue weighted by molar-refractivity contribution is -0.0510. The van der Waals surface area contributed by atoms with Crippen LogP contribution in [0.1, 0.15) is 12.6 Å². The third-order valence-electron chi connectivity index (χ3n) is 3.13. The number of rotatable bonds is 8. The molecule has 5 unspecified atom stereocenters. The molecule has 7 N–H and O–H groups in total. The molecule has 0 radical (unpaired) electrons. The molecule has 1 saturated heterocycles. The Bertz CT molecular complexity index is 919. The molecular formula is C9H16N3O12P3S. The summed E-state index contributed by atoms with van der Waals surface area (Å²) < 4.78 is 40.7. The van der Waals surface area contributed by atoms with E-state index in [4.69, 9.17) is 24.8 Å². The average Bonchev–Trinajstić information content (AvgIpc) is 2.82. The van der Waals surface area contributed by atoms with Gasteiger partial charge in [0.05, 0.1) is 12.7 Å². The summed E-state index contributed by atoms with van der Waals surface area (Å²) in [5.41, 5.74) is 4.59. The van der Waals surface area contributed by atoms with Gasteiger partial charge in [-0.25, -0.2) is 18.2 Å². The van der Waals surface area contributed by atoms with Crippen LogP contribution in [0.3, 0.4) is 0 Å². The second-order valence-corrected chi connectivity index (χ2v) is 11.2. The highest BCUT2D eigenvalue weighted by Gasteiger charge is 2.40. The maximum Gasteiger partial charge on any atom is 0.488 e. The Balaban J connectivity index is 1.97. The Morgan fingerprint density at radius 1 is 1.32 bits per heavy atom. The molecule has 5 atom stereocenters. The molecule has 19 heteroatoms. The fourth-order valence-corrected chi connectivity index (χ4v) is 6.18. The highest BCUT2D eigenvalue weighted by molar-refractivity contribution is 8.08. The van der Waals surface area contributed by atoms with E-state index in [2.05, 4.69) is 25.4 Å². The number of aliphatic hydroxyl groups is 1. The van der Waals surface area contributed by atoms with E-state index in [9.17, 15) is 28.8 Å². The molecule has 2 heterocycles. The molecule has 28 heavy (non-hydrogen) atoms. The van der Waals surface area contributed by atoms with Crippen molar-refractivity contribution in [1.29, 1.82) is 0 Å². The van der Waals surface area contributed by atoms with Crippen LogP contribution in [0, 0.1) is 0 Å². The third-order valence-corrected chi connectivity index (χ3v) is 7.85. The van der Waals surface area contributed by atoms with Crippen LogP contribution in [0.5, 0.6) is 0 Å². The van der Waals surface area contributed by atoms with Crippen LogP contribution >= 0.6 is 22.4 Å². The Labute approximate surface area is 161 Å². The molecule has 0 saturated carbocycles. The maximum atomic E-state index is 11.8. The zero-order valence-corrected chi connectivity index (χ0v) is 17.1. The molecule has 1 aromatic rings. The number of aromatic nitrogens is 2. The maximum absolute atomic E-state index is 11.8. The lowest BCUT2D eigenvalue weighted by Crippen LogP contribution is -2.31. The summed E-state index contributed by atoms with van der Waals surface area (Å²) in [5, 5.41) is 10.0. The minimum absolute atomic E-state index is 0.0299. The van der Waals surface area contributed by atoms with E-state index in [-0.39, 0.29) is 12.2 Å². The topological polar surface area (TPSA) is 233 Å². The lowest BCUT2D eigenvalue weighted by Gasteiger charge is -2.21. The fourth-order valence-electron chi connectivity index (χ4n) is 2.19. The largest absolute Gasteiger partial charge is 0.488 e. The first-order chi connectivity index (χ1) is 12.7. The van der Waals surface area contributed by atoms with Crippen LogP contribution in [-0.4, -0.2) is 53.0 Å². The number of nitrogens with two attached hydrogens (primary N) is 1. The van der Waals surface area contributed by atoms with Crippen molar-refractivity contribution in [2.75, 3.05) is 12.3 Å². The van der Waals surface area contributed by atoms with Gasteiger partial charge in [-0.2, -0.15) is 9.29 Å². The van der Waals surface area contributed by atoms with Crippen molar-refractivity contribution in [3.05, 3.63) is 22.7 Å². The molecule has 0 bridgehead atoms. The predicted molar refractivity (Wildman–Crippen MR) is 93.9 cm³/mol. The van der Waals surface area contributed by atoms with Gasteiger partial charge in [0.1, 0.15) is 11.9 Å². The van der Waals surface area contributed by atoms with Gasteiger partial charge in [-0.3, -0.25) is 4.57 Å². The third kappa shape index (κ3) is 7.04. The monoisotopic (exact) mass is 483 g/mol. The first kappa shape index (κ1) is 23.7. The minimum Gasteiger partial charge on any atom is -0.388 e. The molecule has 0 spiro atoms. The summed E-state index contributed by atoms with van der Waals surface area (Å²) in [6.45, 7) is -5.03. The van der Waals surface area contributed by atoms with E-state index in [1.165, 1.54) is 12.3 Å². The molecule has 1 aliphatic heterocycles. The van der Waals surface area contributed by atoms with Crippen molar-refractivity contribution in [3.63, 3.8) is 0 Å². The molecule has 1 fully saturated rings. The van der Waals surface area contributed by atoms with E-state index in [1.54, 1.807) is 0 Å². The van der Waals surface area contributed by atoms with Crippen molar-refractivity contribution >= 4 is 40.0 Å². The highest BCUT2D eigenvalue weighted by Crippen LogP contribution is 2.66. The quantitative estimate of drug-likeness (QED) is 0.242. The van der Waals surface area contributed by atoms with E-state index in [0.717, 1.165) is 4.57 Å². The number of hydrogen-bond donors (Lipinski definition) is 6. The first-order valence-corrected chi connectivity index (χ1v) is 12.8. The van der Waals surface area contributed by atoms with Crippen LogP contribution in [0.2, 0.25) is 0 Å². The van der Waals surface area contributed by atoms with Gasteiger partial charge in [0.2, 0.25) is 0 Å². The molecule has 2 rings (SSSR count). The van der Waals surface area contributed by atoms with Crippen LogP contribution < -0.4 is 11.4 Å². The standard InChI is InChI=1S/C9H16N3O12P3S/c10-7-1-2-12(9(14)11-7)8-6(13)3-5(22-8)4-21-27(20,28)24-26(18,19)23-25(15,16)17/h1-2,5-6,8,13H,3-4H2,(H,18,19)(H,20,28)(H2,10,11,14)(H2,15,16,17). The molecule has 15 nitrogen and oxygen atoms in total. The van der Waals surface area contributed by atoms with Crippen LogP contribution in [-0.2, 0) is 38.8 Å². The summed E-state index contributed by atoms with van der Waals surface area (Å²) in [5.74, 6) is -0.0299. The number of nitrogens with zero attached hydrogens (tertiary/aromatic N) is 2. The number of hydrogen-bond acceptors (Lipinski definition) is 11. The number of aliphatic hydroxyl groups excluding tert-OH is 1. The minimum atomic E-state index is -5.43. The zero-order chi connectivity index (χ0) is 21.3. The molecule has 0 aromatic carbocycles. The molecule has 1 aromatic heterocycles. The Kier molecular flexibility index (Phi) is 7.33. The van der Waals surface area contributed by atoms with Crippen LogP contribution in [0.15, 0.2) is 17.1 Å². The summed E-state index contributed by atoms with van der Waals surface area (Å²) in [6.07, 6.45) is -2.07. The zero-order valence-electron chi connectivity index (χ0n) is 13.6. The smallest absolute Gasteiger partial charge is 0.388 e. The average molecular weight is 483 g/mol. The van der Waals surface area contributed by atoms with Gasteiger partial charge in [0.25, 0.3) is 0 Å². The summed E-state index contributed by atoms with van der Waals surface area (Å²) in [6, 6.07) is 1.31. The summed E-state index contributed by atoms with van der Waals surface area (Å²) in [4.78, 5) is 51.2. The second kappa shape index (κ2) is 8.66. The van der Waals surface area contributed by atoms with Crippen LogP contribution in [0.25, 0.3) is 0 Å². The van der Waals surface area contributed by atoms with Gasteiger partial charge in [-0.05, 0) is 17.9 Å². The van der Waals surface area contributed by atoms with Crippen molar-refractivity contribution in [3.8, 4) is 0 Å². The van der Waals surface area contributed by atoms with Crippen molar-refractivity contribution in [2.45, 2.75) is 24.9 Å². The predicted octanol–water partition coefficient (Wildman–Crippen LogP) is -1.07. The van der Waals surface area contributed by atoms with Gasteiger partial charge in [-0.15, -0.1) is 0 Å². The SMILES string of the molecule is Nc1ccn(C2OC(COP(O)(=S)OP(=O)(O)OP(=O)(O)O)CC2O)c(=O)n1. The highest BCUT2D eigenvalue weighted by atomic mass is 32.5. The fraction of sp³-hybridized carbons (Fsp3) is 0.556. The second-order valence-electron chi connectivity index (χ2n) is 5.38. The van der Waals surface area contributed by atoms with E-state index in [1.807, 2.05) is 0 Å². The first-order valence-electron chi connectivity index (χ1n) is 7.14. The van der Waals surface area contributed by atoms with Crippen molar-refractivity contribution in [1.82, 2.24) is 9.55 Å². The molecule has 0 amide bonds. The molecular weight excluding hydrogens is 467 g/mol. The lowest BCUT2D eigenvalue weighted by atomic mass is 10.2. The Morgan fingerprint density at radius 3 is 2.54 bits per heavy atom. The molecule has 160 valence electrons. The van der Waals surface area contributed by atoms with Gasteiger partial charge in [0.15, 0.2) is 6.23 Å². The van der Waals surface area contributed by atoms with Crippen molar-refractivity contribution < 1.29 is 51.7 Å². The Hall–Kier alpha value is -0.570. The van der Waals surface area contributed by atoms with E-state index in [0.29, 0.717) is 0 Å². The van der Waals surface area contributed by atoms with Gasteiger partial charge >= 0.3 is 28.1 Å². The Morgan fingerprint density at radius 2 is 1.96 bits per heavy atom. The van der Waals surface area contributed by atoms with E-state index < -0.39 is 53.1 Å². The van der Waals surface area contributed by atoms with Gasteiger partial charge < -0.3 is 39.7 Å². The number of phosphoric acid groups is 2. The normalized spacial score (nSPS) is 27.2. The van der Waals surface area contributed by atoms with Crippen LogP contribution in [0.4, 0.5) is 5.82 Å². The molecule has 0 aliphatic carbocycles.